The van der Waals surface area contributed by atoms with Gasteiger partial charge in [0.05, 0.1) is 22.8 Å². The van der Waals surface area contributed by atoms with Crippen LogP contribution in [0.3, 0.4) is 0 Å². The Hall–Kier alpha value is -3.03. The minimum atomic E-state index is -0.808. The van der Waals surface area contributed by atoms with Crippen molar-refractivity contribution in [2.75, 3.05) is 19.9 Å². The first-order valence-corrected chi connectivity index (χ1v) is 8.95. The minimum Gasteiger partial charge on any atom is -0.463 e. The number of nitro groups is 1. The van der Waals surface area contributed by atoms with E-state index in [1.807, 2.05) is 11.8 Å². The fourth-order valence-electron chi connectivity index (χ4n) is 4.07. The molecule has 0 spiro atoms. The number of rotatable bonds is 4. The number of carbonyl (C=O) groups excluding carboxylic acids is 1. The van der Waals surface area contributed by atoms with Crippen molar-refractivity contribution < 1.29 is 23.9 Å². The van der Waals surface area contributed by atoms with E-state index < -0.39 is 11.9 Å². The molecule has 3 heterocycles. The third kappa shape index (κ3) is 2.72. The number of fused-ring (bicyclic) bond motifs is 2. The lowest BCUT2D eigenvalue weighted by Gasteiger charge is -2.32. The van der Waals surface area contributed by atoms with Gasteiger partial charge in [0.2, 0.25) is 6.79 Å². The average molecular weight is 372 g/mol. The van der Waals surface area contributed by atoms with Crippen LogP contribution in [0.25, 0.3) is 0 Å². The molecule has 1 aromatic rings. The van der Waals surface area contributed by atoms with Crippen molar-refractivity contribution in [1.29, 1.82) is 0 Å². The number of esters is 1. The summed E-state index contributed by atoms with van der Waals surface area (Å²) in [6, 6.07) is 5.19. The first-order valence-electron chi connectivity index (χ1n) is 8.95. The molecule has 0 N–H and O–H groups in total. The highest BCUT2D eigenvalue weighted by molar-refractivity contribution is 5.92. The van der Waals surface area contributed by atoms with Crippen molar-refractivity contribution in [2.45, 2.75) is 32.6 Å². The third-order valence-corrected chi connectivity index (χ3v) is 5.20. The summed E-state index contributed by atoms with van der Waals surface area (Å²) < 4.78 is 16.0. The van der Waals surface area contributed by atoms with Crippen LogP contribution in [0.1, 0.15) is 38.2 Å². The number of carbonyl (C=O) groups is 1. The lowest BCUT2D eigenvalue weighted by Crippen LogP contribution is -2.33. The molecule has 1 saturated heterocycles. The summed E-state index contributed by atoms with van der Waals surface area (Å²) in [5, 5.41) is 12.0. The Labute approximate surface area is 156 Å². The van der Waals surface area contributed by atoms with Gasteiger partial charge in [-0.3, -0.25) is 10.1 Å². The zero-order chi connectivity index (χ0) is 19.1. The minimum absolute atomic E-state index is 0.0417. The van der Waals surface area contributed by atoms with Gasteiger partial charge in [-0.05, 0) is 44.4 Å². The molecule has 8 nitrogen and oxygen atoms in total. The molecule has 1 aromatic carbocycles. The van der Waals surface area contributed by atoms with Gasteiger partial charge in [0.1, 0.15) is 5.92 Å². The third-order valence-electron chi connectivity index (χ3n) is 5.20. The SMILES string of the molecule is CCOC(=O)C1=C(C)N2CCCC2=C([N+](=O)[O-])C1c1ccc2c(c1)OCO2. The molecule has 1 atom stereocenters. The normalized spacial score (nSPS) is 20.8. The second-order valence-electron chi connectivity index (χ2n) is 6.61. The van der Waals surface area contributed by atoms with E-state index >= 15 is 0 Å². The van der Waals surface area contributed by atoms with Crippen molar-refractivity contribution in [2.24, 2.45) is 0 Å². The topological polar surface area (TPSA) is 91.1 Å². The van der Waals surface area contributed by atoms with Gasteiger partial charge in [0, 0.05) is 12.2 Å². The van der Waals surface area contributed by atoms with Gasteiger partial charge < -0.3 is 19.1 Å². The Kier molecular flexibility index (Phi) is 4.25. The van der Waals surface area contributed by atoms with Crippen LogP contribution in [0, 0.1) is 10.1 Å². The van der Waals surface area contributed by atoms with Crippen molar-refractivity contribution in [3.8, 4) is 11.5 Å². The Bertz CT molecular complexity index is 888. The first-order chi connectivity index (χ1) is 13.0. The summed E-state index contributed by atoms with van der Waals surface area (Å²) >= 11 is 0. The van der Waals surface area contributed by atoms with E-state index in [1.165, 1.54) is 0 Å². The van der Waals surface area contributed by atoms with E-state index in [2.05, 4.69) is 0 Å². The fraction of sp³-hybridized carbons (Fsp3) is 0.421. The summed E-state index contributed by atoms with van der Waals surface area (Å²) in [5.41, 5.74) is 2.36. The van der Waals surface area contributed by atoms with Gasteiger partial charge in [-0.2, -0.15) is 0 Å². The average Bonchev–Trinajstić information content (AvgIpc) is 3.29. The van der Waals surface area contributed by atoms with Crippen LogP contribution >= 0.6 is 0 Å². The summed E-state index contributed by atoms with van der Waals surface area (Å²) in [7, 11) is 0. The van der Waals surface area contributed by atoms with E-state index in [-0.39, 0.29) is 24.0 Å². The van der Waals surface area contributed by atoms with E-state index in [1.54, 1.807) is 25.1 Å². The quantitative estimate of drug-likeness (QED) is 0.456. The molecule has 142 valence electrons. The van der Waals surface area contributed by atoms with Crippen LogP contribution < -0.4 is 9.47 Å². The molecular formula is C19H20N2O6. The van der Waals surface area contributed by atoms with Crippen LogP contribution in [0.2, 0.25) is 0 Å². The summed E-state index contributed by atoms with van der Waals surface area (Å²) in [6.45, 7) is 4.52. The molecule has 0 saturated carbocycles. The summed E-state index contributed by atoms with van der Waals surface area (Å²) in [5.74, 6) is -0.221. The molecule has 27 heavy (non-hydrogen) atoms. The van der Waals surface area contributed by atoms with Crippen molar-refractivity contribution >= 4 is 5.97 Å². The highest BCUT2D eigenvalue weighted by Crippen LogP contribution is 2.47. The highest BCUT2D eigenvalue weighted by Gasteiger charge is 2.46. The van der Waals surface area contributed by atoms with Crippen LogP contribution in [-0.4, -0.2) is 35.7 Å². The van der Waals surface area contributed by atoms with Gasteiger partial charge >= 0.3 is 5.97 Å². The lowest BCUT2D eigenvalue weighted by molar-refractivity contribution is -0.431. The predicted octanol–water partition coefficient (Wildman–Crippen LogP) is 2.93. The molecule has 3 aliphatic heterocycles. The van der Waals surface area contributed by atoms with E-state index in [0.29, 0.717) is 47.0 Å². The molecule has 0 amide bonds. The maximum atomic E-state index is 12.8. The summed E-state index contributed by atoms with van der Waals surface area (Å²) in [6.07, 6.45) is 1.43. The monoisotopic (exact) mass is 372 g/mol. The highest BCUT2D eigenvalue weighted by atomic mass is 16.7. The zero-order valence-corrected chi connectivity index (χ0v) is 15.2. The number of ether oxygens (including phenoxy) is 3. The van der Waals surface area contributed by atoms with Crippen LogP contribution in [0.5, 0.6) is 11.5 Å². The maximum absolute atomic E-state index is 12.8. The Morgan fingerprint density at radius 1 is 1.37 bits per heavy atom. The summed E-state index contributed by atoms with van der Waals surface area (Å²) in [4.78, 5) is 26.3. The van der Waals surface area contributed by atoms with Gasteiger partial charge in [-0.1, -0.05) is 6.07 Å². The predicted molar refractivity (Wildman–Crippen MR) is 94.6 cm³/mol. The molecule has 0 radical (unpaired) electrons. The molecule has 0 bridgehead atoms. The number of benzene rings is 1. The Balaban J connectivity index is 1.91. The molecule has 8 heteroatoms. The van der Waals surface area contributed by atoms with Gasteiger partial charge in [0.25, 0.3) is 5.70 Å². The van der Waals surface area contributed by atoms with E-state index in [4.69, 9.17) is 14.2 Å². The molecule has 3 aliphatic rings. The van der Waals surface area contributed by atoms with Crippen LogP contribution in [0.15, 0.2) is 40.9 Å². The largest absolute Gasteiger partial charge is 0.463 e. The molecule has 1 unspecified atom stereocenters. The number of hydrogen-bond donors (Lipinski definition) is 0. The second-order valence-corrected chi connectivity index (χ2v) is 6.61. The molecular weight excluding hydrogens is 352 g/mol. The molecule has 0 aromatic heterocycles. The van der Waals surface area contributed by atoms with Gasteiger partial charge in [0.15, 0.2) is 11.5 Å². The van der Waals surface area contributed by atoms with Crippen molar-refractivity contribution in [3.05, 3.63) is 56.5 Å². The number of allylic oxidation sites excluding steroid dienone is 3. The molecule has 1 fully saturated rings. The van der Waals surface area contributed by atoms with Gasteiger partial charge in [-0.15, -0.1) is 0 Å². The number of nitrogens with zero attached hydrogens (tertiary/aromatic N) is 2. The Morgan fingerprint density at radius 2 is 2.15 bits per heavy atom. The standard InChI is InChI=1S/C19H20N2O6/c1-3-25-19(22)16-11(2)20-8-4-5-13(20)18(21(23)24)17(16)12-6-7-14-15(9-12)27-10-26-14/h6-7,9,17H,3-5,8,10H2,1-2H3. The fourth-order valence-corrected chi connectivity index (χ4v) is 4.07. The van der Waals surface area contributed by atoms with Crippen molar-refractivity contribution in [1.82, 2.24) is 4.90 Å². The van der Waals surface area contributed by atoms with Crippen LogP contribution in [0.4, 0.5) is 0 Å². The van der Waals surface area contributed by atoms with E-state index in [0.717, 1.165) is 6.42 Å². The lowest BCUT2D eigenvalue weighted by atomic mass is 9.83. The smallest absolute Gasteiger partial charge is 0.336 e. The van der Waals surface area contributed by atoms with Gasteiger partial charge in [-0.25, -0.2) is 4.79 Å². The maximum Gasteiger partial charge on any atom is 0.336 e. The second kappa shape index (κ2) is 6.61. The molecule has 4 rings (SSSR count). The number of hydrogen-bond acceptors (Lipinski definition) is 7. The van der Waals surface area contributed by atoms with Crippen molar-refractivity contribution in [3.63, 3.8) is 0 Å². The first kappa shape index (κ1) is 17.4. The zero-order valence-electron chi connectivity index (χ0n) is 15.2. The molecule has 0 aliphatic carbocycles. The Morgan fingerprint density at radius 3 is 2.89 bits per heavy atom. The van der Waals surface area contributed by atoms with Crippen LogP contribution in [-0.2, 0) is 9.53 Å². The van der Waals surface area contributed by atoms with E-state index in [9.17, 15) is 14.9 Å².